The minimum atomic E-state index is -0.111. The molecule has 0 aliphatic carbocycles. The molecule has 0 aliphatic rings. The number of anilines is 2. The summed E-state index contributed by atoms with van der Waals surface area (Å²) in [4.78, 5) is 13.5. The lowest BCUT2D eigenvalue weighted by Crippen LogP contribution is -2.10. The summed E-state index contributed by atoms with van der Waals surface area (Å²) in [5, 5.41) is 2.86. The molecule has 0 fully saturated rings. The maximum absolute atomic E-state index is 11.9. The molecule has 0 atom stereocenters. The van der Waals surface area contributed by atoms with Crippen molar-refractivity contribution in [1.82, 2.24) is 0 Å². The van der Waals surface area contributed by atoms with Gasteiger partial charge < -0.3 is 11.1 Å². The van der Waals surface area contributed by atoms with Gasteiger partial charge in [0.05, 0.1) is 4.88 Å². The van der Waals surface area contributed by atoms with E-state index >= 15 is 0 Å². The fourth-order valence-corrected chi connectivity index (χ4v) is 2.36. The van der Waals surface area contributed by atoms with Gasteiger partial charge >= 0.3 is 0 Å². The fraction of sp³-hybridized carbons (Fsp3) is 0.154. The topological polar surface area (TPSA) is 55.1 Å². The largest absolute Gasteiger partial charge is 0.398 e. The summed E-state index contributed by atoms with van der Waals surface area (Å²) in [5.41, 5.74) is 8.32. The minimum absolute atomic E-state index is 0.111. The summed E-state index contributed by atoms with van der Waals surface area (Å²) in [6, 6.07) is 9.42. The molecule has 17 heavy (non-hydrogen) atoms. The number of thiophene rings is 1. The van der Waals surface area contributed by atoms with Crippen LogP contribution >= 0.6 is 11.3 Å². The summed E-state index contributed by atoms with van der Waals surface area (Å²) < 4.78 is 0. The van der Waals surface area contributed by atoms with Crippen molar-refractivity contribution in [3.8, 4) is 0 Å². The zero-order valence-electron chi connectivity index (χ0n) is 9.78. The van der Waals surface area contributed by atoms with Crippen molar-refractivity contribution in [2.75, 3.05) is 11.1 Å². The molecule has 0 spiro atoms. The molecule has 0 radical (unpaired) electrons. The van der Waals surface area contributed by atoms with Crippen LogP contribution in [0.4, 0.5) is 11.4 Å². The van der Waals surface area contributed by atoms with Gasteiger partial charge in [0.1, 0.15) is 0 Å². The van der Waals surface area contributed by atoms with E-state index in [0.29, 0.717) is 10.6 Å². The molecule has 88 valence electrons. The van der Waals surface area contributed by atoms with Crippen LogP contribution in [0.2, 0.25) is 0 Å². The Kier molecular flexibility index (Phi) is 3.15. The highest BCUT2D eigenvalue weighted by Gasteiger charge is 2.10. The predicted molar refractivity (Wildman–Crippen MR) is 72.6 cm³/mol. The van der Waals surface area contributed by atoms with E-state index in [1.807, 2.05) is 38.1 Å². The molecule has 1 amide bonds. The molecule has 0 saturated heterocycles. The van der Waals surface area contributed by atoms with E-state index in [4.69, 9.17) is 5.73 Å². The molecule has 1 heterocycles. The highest BCUT2D eigenvalue weighted by Crippen LogP contribution is 2.24. The molecule has 2 rings (SSSR count). The summed E-state index contributed by atoms with van der Waals surface area (Å²) >= 11 is 1.41. The Hall–Kier alpha value is -1.81. The smallest absolute Gasteiger partial charge is 0.265 e. The second-order valence-electron chi connectivity index (χ2n) is 3.95. The molecular formula is C13H14N2OS. The van der Waals surface area contributed by atoms with E-state index in [-0.39, 0.29) is 5.91 Å². The number of nitrogens with one attached hydrogen (secondary N) is 1. The van der Waals surface area contributed by atoms with Crippen LogP contribution in [0, 0.1) is 13.8 Å². The molecule has 0 saturated carbocycles. The van der Waals surface area contributed by atoms with Gasteiger partial charge in [0, 0.05) is 16.3 Å². The third-order valence-corrected chi connectivity index (χ3v) is 3.52. The van der Waals surface area contributed by atoms with Gasteiger partial charge in [0.2, 0.25) is 0 Å². The molecule has 3 nitrogen and oxygen atoms in total. The molecule has 1 aromatic carbocycles. The average Bonchev–Trinajstić information content (AvgIpc) is 2.59. The summed E-state index contributed by atoms with van der Waals surface area (Å²) in [6.45, 7) is 3.90. The molecular weight excluding hydrogens is 232 g/mol. The molecule has 3 N–H and O–H groups in total. The highest BCUT2D eigenvalue weighted by atomic mass is 32.1. The maximum atomic E-state index is 11.9. The first-order chi connectivity index (χ1) is 8.06. The van der Waals surface area contributed by atoms with Crippen LogP contribution in [0.3, 0.4) is 0 Å². The van der Waals surface area contributed by atoms with Crippen molar-refractivity contribution in [3.63, 3.8) is 0 Å². The lowest BCUT2D eigenvalue weighted by molar-refractivity contribution is 0.103. The van der Waals surface area contributed by atoms with Crippen molar-refractivity contribution in [2.24, 2.45) is 0 Å². The molecule has 4 heteroatoms. The number of benzene rings is 1. The standard InChI is InChI=1S/C13H14N2OS/c1-8-4-3-5-10(6-8)15-13(16)12-7-11(14)9(2)17-12/h3-7H,14H2,1-2H3,(H,15,16). The van der Waals surface area contributed by atoms with E-state index in [0.717, 1.165) is 16.1 Å². The number of rotatable bonds is 2. The minimum Gasteiger partial charge on any atom is -0.398 e. The molecule has 0 aliphatic heterocycles. The average molecular weight is 246 g/mol. The van der Waals surface area contributed by atoms with Gasteiger partial charge in [-0.05, 0) is 37.6 Å². The number of nitrogen functional groups attached to an aromatic ring is 1. The Morgan fingerprint density at radius 3 is 2.65 bits per heavy atom. The second kappa shape index (κ2) is 4.59. The molecule has 0 unspecified atom stereocenters. The highest BCUT2D eigenvalue weighted by molar-refractivity contribution is 7.14. The summed E-state index contributed by atoms with van der Waals surface area (Å²) in [7, 11) is 0. The predicted octanol–water partition coefficient (Wildman–Crippen LogP) is 3.20. The van der Waals surface area contributed by atoms with Crippen molar-refractivity contribution >= 4 is 28.6 Å². The van der Waals surface area contributed by atoms with Gasteiger partial charge in [-0.1, -0.05) is 12.1 Å². The number of amides is 1. The van der Waals surface area contributed by atoms with Gasteiger partial charge in [0.15, 0.2) is 0 Å². The Morgan fingerprint density at radius 1 is 1.29 bits per heavy atom. The van der Waals surface area contributed by atoms with E-state index in [1.165, 1.54) is 11.3 Å². The monoisotopic (exact) mass is 246 g/mol. The van der Waals surface area contributed by atoms with Gasteiger partial charge in [-0.15, -0.1) is 11.3 Å². The van der Waals surface area contributed by atoms with E-state index in [9.17, 15) is 4.79 Å². The number of carbonyl (C=O) groups is 1. The van der Waals surface area contributed by atoms with Crippen LogP contribution in [-0.2, 0) is 0 Å². The van der Waals surface area contributed by atoms with Crippen molar-refractivity contribution in [2.45, 2.75) is 13.8 Å². The zero-order valence-corrected chi connectivity index (χ0v) is 10.6. The van der Waals surface area contributed by atoms with Crippen LogP contribution in [-0.4, -0.2) is 5.91 Å². The van der Waals surface area contributed by atoms with Crippen LogP contribution in [0.25, 0.3) is 0 Å². The Morgan fingerprint density at radius 2 is 2.06 bits per heavy atom. The second-order valence-corrected chi connectivity index (χ2v) is 5.20. The van der Waals surface area contributed by atoms with Crippen LogP contribution < -0.4 is 11.1 Å². The van der Waals surface area contributed by atoms with Crippen molar-refractivity contribution in [1.29, 1.82) is 0 Å². The molecule has 2 aromatic rings. The lowest BCUT2D eigenvalue weighted by atomic mass is 10.2. The lowest BCUT2D eigenvalue weighted by Gasteiger charge is -2.03. The van der Waals surface area contributed by atoms with Crippen molar-refractivity contribution < 1.29 is 4.79 Å². The van der Waals surface area contributed by atoms with Gasteiger partial charge in [-0.2, -0.15) is 0 Å². The number of carbonyl (C=O) groups excluding carboxylic acids is 1. The number of hydrogen-bond donors (Lipinski definition) is 2. The van der Waals surface area contributed by atoms with Gasteiger partial charge in [-0.3, -0.25) is 4.79 Å². The van der Waals surface area contributed by atoms with Crippen LogP contribution in [0.1, 0.15) is 20.1 Å². The first-order valence-electron chi connectivity index (χ1n) is 5.30. The third kappa shape index (κ3) is 2.65. The number of aryl methyl sites for hydroxylation is 2. The van der Waals surface area contributed by atoms with Gasteiger partial charge in [0.25, 0.3) is 5.91 Å². The Balaban J connectivity index is 2.17. The zero-order chi connectivity index (χ0) is 12.4. The first kappa shape index (κ1) is 11.7. The third-order valence-electron chi connectivity index (χ3n) is 2.46. The Labute approximate surface area is 104 Å². The Bertz CT molecular complexity index is 541. The van der Waals surface area contributed by atoms with E-state index in [2.05, 4.69) is 5.32 Å². The summed E-state index contributed by atoms with van der Waals surface area (Å²) in [5.74, 6) is -0.111. The number of hydrogen-bond acceptors (Lipinski definition) is 3. The molecule has 0 bridgehead atoms. The quantitative estimate of drug-likeness (QED) is 0.855. The van der Waals surface area contributed by atoms with Crippen LogP contribution in [0.5, 0.6) is 0 Å². The SMILES string of the molecule is Cc1cccc(NC(=O)c2cc(N)c(C)s2)c1. The fourth-order valence-electron chi connectivity index (χ4n) is 1.52. The summed E-state index contributed by atoms with van der Waals surface area (Å²) in [6.07, 6.45) is 0. The van der Waals surface area contributed by atoms with Gasteiger partial charge in [-0.25, -0.2) is 0 Å². The molecule has 1 aromatic heterocycles. The van der Waals surface area contributed by atoms with E-state index < -0.39 is 0 Å². The first-order valence-corrected chi connectivity index (χ1v) is 6.12. The van der Waals surface area contributed by atoms with Crippen LogP contribution in [0.15, 0.2) is 30.3 Å². The van der Waals surface area contributed by atoms with E-state index in [1.54, 1.807) is 6.07 Å². The van der Waals surface area contributed by atoms with Crippen molar-refractivity contribution in [3.05, 3.63) is 45.6 Å². The number of nitrogens with two attached hydrogens (primary N) is 1. The maximum Gasteiger partial charge on any atom is 0.265 e. The normalized spacial score (nSPS) is 10.2.